The van der Waals surface area contributed by atoms with E-state index in [0.29, 0.717) is 30.5 Å². The predicted molar refractivity (Wildman–Crippen MR) is 114 cm³/mol. The van der Waals surface area contributed by atoms with Gasteiger partial charge in [0, 0.05) is 11.4 Å². The molecule has 0 spiro atoms. The zero-order valence-electron chi connectivity index (χ0n) is 15.9. The van der Waals surface area contributed by atoms with Gasteiger partial charge >= 0.3 is 0 Å². The van der Waals surface area contributed by atoms with Crippen molar-refractivity contribution in [3.63, 3.8) is 0 Å². The fourth-order valence-electron chi connectivity index (χ4n) is 3.24. The molecule has 0 aliphatic heterocycles. The Labute approximate surface area is 166 Å². The van der Waals surface area contributed by atoms with Gasteiger partial charge in [0.15, 0.2) is 5.96 Å². The summed E-state index contributed by atoms with van der Waals surface area (Å²) in [5.41, 5.74) is 10.3. The van der Waals surface area contributed by atoms with Crippen LogP contribution in [0, 0.1) is 0 Å². The maximum Gasteiger partial charge on any atom is 0.229 e. The van der Waals surface area contributed by atoms with Crippen molar-refractivity contribution in [2.75, 3.05) is 29.4 Å². The molecule has 0 radical (unpaired) electrons. The molecule has 2 aromatic carbocycles. The molecule has 7 nitrogen and oxygen atoms in total. The molecule has 0 unspecified atom stereocenters. The lowest BCUT2D eigenvalue weighted by atomic mass is 9.90. The van der Waals surface area contributed by atoms with Crippen LogP contribution in [0.25, 0.3) is 0 Å². The number of nitrogens with one attached hydrogen (secondary N) is 2. The van der Waals surface area contributed by atoms with Crippen LogP contribution in [-0.4, -0.2) is 33.8 Å². The third-order valence-corrected chi connectivity index (χ3v) is 5.06. The minimum Gasteiger partial charge on any atom is -0.492 e. The van der Waals surface area contributed by atoms with E-state index in [9.17, 15) is 8.42 Å². The minimum atomic E-state index is -3.28. The molecule has 0 aromatic heterocycles. The number of anilines is 2. The number of nitrogens with zero attached hydrogens (tertiary/aromatic N) is 1. The number of benzene rings is 2. The SMILES string of the molecule is CS(=O)(=O)Nc1ccc(OCCN=C(N)Nc2cccc3c2CCCC3)cc1. The van der Waals surface area contributed by atoms with Gasteiger partial charge in [-0.1, -0.05) is 12.1 Å². The van der Waals surface area contributed by atoms with Crippen molar-refractivity contribution in [2.24, 2.45) is 10.7 Å². The van der Waals surface area contributed by atoms with E-state index in [1.54, 1.807) is 24.3 Å². The van der Waals surface area contributed by atoms with Gasteiger partial charge in [-0.2, -0.15) is 0 Å². The summed E-state index contributed by atoms with van der Waals surface area (Å²) in [5, 5.41) is 3.20. The summed E-state index contributed by atoms with van der Waals surface area (Å²) in [7, 11) is -3.28. The summed E-state index contributed by atoms with van der Waals surface area (Å²) in [6.45, 7) is 0.783. The van der Waals surface area contributed by atoms with Crippen molar-refractivity contribution < 1.29 is 13.2 Å². The average molecular weight is 403 g/mol. The second kappa shape index (κ2) is 8.97. The fourth-order valence-corrected chi connectivity index (χ4v) is 3.80. The Morgan fingerprint density at radius 2 is 1.89 bits per heavy atom. The monoisotopic (exact) mass is 402 g/mol. The van der Waals surface area contributed by atoms with E-state index in [2.05, 4.69) is 21.1 Å². The van der Waals surface area contributed by atoms with Crippen LogP contribution in [0.3, 0.4) is 0 Å². The Balaban J connectivity index is 1.48. The third-order valence-electron chi connectivity index (χ3n) is 4.46. The Bertz CT molecular complexity index is 940. The Hall–Kier alpha value is -2.74. The largest absolute Gasteiger partial charge is 0.492 e. The lowest BCUT2D eigenvalue weighted by Crippen LogP contribution is -2.25. The van der Waals surface area contributed by atoms with E-state index in [0.717, 1.165) is 24.8 Å². The van der Waals surface area contributed by atoms with E-state index in [1.165, 1.54) is 24.0 Å². The molecule has 0 saturated carbocycles. The highest BCUT2D eigenvalue weighted by molar-refractivity contribution is 7.92. The molecule has 8 heteroatoms. The first-order valence-electron chi connectivity index (χ1n) is 9.29. The third kappa shape index (κ3) is 5.88. The van der Waals surface area contributed by atoms with Crippen molar-refractivity contribution >= 4 is 27.4 Å². The summed E-state index contributed by atoms with van der Waals surface area (Å²) >= 11 is 0. The lowest BCUT2D eigenvalue weighted by Gasteiger charge is -2.19. The highest BCUT2D eigenvalue weighted by Gasteiger charge is 2.13. The fraction of sp³-hybridized carbons (Fsp3) is 0.350. The molecular formula is C20H26N4O3S. The standard InChI is InChI=1S/C20H26N4O3S/c1-28(25,26)24-16-9-11-17(12-10-16)27-14-13-22-20(21)23-19-8-4-6-15-5-2-3-7-18(15)19/h4,6,8-12,24H,2-3,5,7,13-14H2,1H3,(H3,21,22,23). The molecule has 0 fully saturated rings. The quantitative estimate of drug-likeness (QED) is 0.375. The maximum atomic E-state index is 11.2. The van der Waals surface area contributed by atoms with Crippen LogP contribution in [0.2, 0.25) is 0 Å². The highest BCUT2D eigenvalue weighted by Crippen LogP contribution is 2.27. The van der Waals surface area contributed by atoms with E-state index < -0.39 is 10.0 Å². The zero-order valence-corrected chi connectivity index (χ0v) is 16.8. The number of rotatable bonds is 7. The van der Waals surface area contributed by atoms with Gasteiger partial charge in [0.2, 0.25) is 10.0 Å². The predicted octanol–water partition coefficient (Wildman–Crippen LogP) is 2.74. The van der Waals surface area contributed by atoms with Gasteiger partial charge in [-0.15, -0.1) is 0 Å². The summed E-state index contributed by atoms with van der Waals surface area (Å²) in [6, 6.07) is 13.0. The number of ether oxygens (including phenoxy) is 1. The Kier molecular flexibility index (Phi) is 6.41. The maximum absolute atomic E-state index is 11.2. The van der Waals surface area contributed by atoms with Crippen LogP contribution < -0.4 is 20.5 Å². The van der Waals surface area contributed by atoms with Gasteiger partial charge in [-0.25, -0.2) is 13.4 Å². The molecule has 0 heterocycles. The van der Waals surface area contributed by atoms with Gasteiger partial charge in [-0.3, -0.25) is 4.72 Å². The summed E-state index contributed by atoms with van der Waals surface area (Å²) in [5.74, 6) is 1.01. The van der Waals surface area contributed by atoms with Crippen molar-refractivity contribution in [1.29, 1.82) is 0 Å². The molecule has 0 amide bonds. The number of nitrogens with two attached hydrogens (primary N) is 1. The molecule has 28 heavy (non-hydrogen) atoms. The molecule has 0 saturated heterocycles. The molecule has 0 bridgehead atoms. The molecule has 4 N–H and O–H groups in total. The second-order valence-electron chi connectivity index (χ2n) is 6.79. The van der Waals surface area contributed by atoms with Crippen LogP contribution in [0.4, 0.5) is 11.4 Å². The minimum absolute atomic E-state index is 0.369. The van der Waals surface area contributed by atoms with E-state index in [-0.39, 0.29) is 0 Å². The number of aryl methyl sites for hydroxylation is 1. The number of sulfonamides is 1. The normalized spacial score (nSPS) is 14.2. The van der Waals surface area contributed by atoms with Crippen LogP contribution in [0.1, 0.15) is 24.0 Å². The smallest absolute Gasteiger partial charge is 0.229 e. The van der Waals surface area contributed by atoms with Crippen LogP contribution in [0.15, 0.2) is 47.5 Å². The van der Waals surface area contributed by atoms with Crippen LogP contribution in [0.5, 0.6) is 5.75 Å². The molecular weight excluding hydrogens is 376 g/mol. The number of hydrogen-bond donors (Lipinski definition) is 3. The number of guanidine groups is 1. The van der Waals surface area contributed by atoms with Gasteiger partial charge in [-0.05, 0) is 67.1 Å². The van der Waals surface area contributed by atoms with E-state index >= 15 is 0 Å². The lowest BCUT2D eigenvalue weighted by molar-refractivity contribution is 0.329. The van der Waals surface area contributed by atoms with Crippen molar-refractivity contribution in [3.05, 3.63) is 53.6 Å². The number of fused-ring (bicyclic) bond motifs is 1. The summed E-state index contributed by atoms with van der Waals surface area (Å²) in [4.78, 5) is 4.32. The average Bonchev–Trinajstić information content (AvgIpc) is 2.66. The second-order valence-corrected chi connectivity index (χ2v) is 8.54. The molecule has 0 atom stereocenters. The Morgan fingerprint density at radius 1 is 1.14 bits per heavy atom. The van der Waals surface area contributed by atoms with Crippen molar-refractivity contribution in [1.82, 2.24) is 0 Å². The first kappa shape index (κ1) is 20.0. The molecule has 1 aliphatic carbocycles. The van der Waals surface area contributed by atoms with E-state index in [4.69, 9.17) is 10.5 Å². The number of hydrogen-bond acceptors (Lipinski definition) is 4. The van der Waals surface area contributed by atoms with Crippen molar-refractivity contribution in [3.8, 4) is 5.75 Å². The first-order valence-corrected chi connectivity index (χ1v) is 11.2. The zero-order chi connectivity index (χ0) is 20.0. The summed E-state index contributed by atoms with van der Waals surface area (Å²) in [6.07, 6.45) is 5.74. The molecule has 3 rings (SSSR count). The first-order chi connectivity index (χ1) is 13.4. The summed E-state index contributed by atoms with van der Waals surface area (Å²) < 4.78 is 30.4. The molecule has 2 aromatic rings. The Morgan fingerprint density at radius 3 is 2.64 bits per heavy atom. The highest BCUT2D eigenvalue weighted by atomic mass is 32.2. The van der Waals surface area contributed by atoms with Gasteiger partial charge < -0.3 is 15.8 Å². The van der Waals surface area contributed by atoms with Gasteiger partial charge in [0.25, 0.3) is 0 Å². The topological polar surface area (TPSA) is 106 Å². The van der Waals surface area contributed by atoms with E-state index in [1.807, 2.05) is 12.1 Å². The van der Waals surface area contributed by atoms with Gasteiger partial charge in [0.05, 0.1) is 12.8 Å². The molecule has 1 aliphatic rings. The van der Waals surface area contributed by atoms with Crippen molar-refractivity contribution in [2.45, 2.75) is 25.7 Å². The number of aliphatic imine (C=N–C) groups is 1. The van der Waals surface area contributed by atoms with Crippen LogP contribution in [-0.2, 0) is 22.9 Å². The van der Waals surface area contributed by atoms with Crippen LogP contribution >= 0.6 is 0 Å². The molecule has 150 valence electrons. The van der Waals surface area contributed by atoms with Gasteiger partial charge in [0.1, 0.15) is 12.4 Å².